The van der Waals surface area contributed by atoms with Crippen LogP contribution in [0.4, 0.5) is 4.39 Å². The Morgan fingerprint density at radius 2 is 1.58 bits per heavy atom. The first-order valence-electron chi connectivity index (χ1n) is 6.22. The zero-order valence-corrected chi connectivity index (χ0v) is 11.4. The average molecular weight is 256 g/mol. The fraction of sp³-hybridized carbons (Fsp3) is 0.176. The van der Waals surface area contributed by atoms with Crippen LogP contribution in [0.25, 0.3) is 11.6 Å². The number of halogens is 1. The molecule has 0 aromatic heterocycles. The van der Waals surface area contributed by atoms with E-state index in [2.05, 4.69) is 0 Å². The molecule has 2 aromatic carbocycles. The lowest BCUT2D eigenvalue weighted by molar-refractivity contribution is 0.467. The highest BCUT2D eigenvalue weighted by molar-refractivity contribution is 5.80. The second kappa shape index (κ2) is 5.27. The number of hydrogen-bond donors (Lipinski definition) is 1. The summed E-state index contributed by atoms with van der Waals surface area (Å²) in [5.74, 6) is 0.115. The van der Waals surface area contributed by atoms with Gasteiger partial charge < -0.3 is 5.11 Å². The van der Waals surface area contributed by atoms with Gasteiger partial charge in [0.2, 0.25) is 0 Å². The maximum Gasteiger partial charge on any atom is 0.123 e. The van der Waals surface area contributed by atoms with Crippen LogP contribution in [0.2, 0.25) is 0 Å². The van der Waals surface area contributed by atoms with Gasteiger partial charge in [-0.1, -0.05) is 18.2 Å². The van der Waals surface area contributed by atoms with Crippen LogP contribution in [0.1, 0.15) is 29.2 Å². The zero-order valence-electron chi connectivity index (χ0n) is 11.4. The molecule has 0 aliphatic heterocycles. The summed E-state index contributed by atoms with van der Waals surface area (Å²) in [5, 5.41) is 9.75. The highest BCUT2D eigenvalue weighted by Gasteiger charge is 2.03. The monoisotopic (exact) mass is 256 g/mol. The molecule has 2 heteroatoms. The van der Waals surface area contributed by atoms with E-state index < -0.39 is 0 Å². The van der Waals surface area contributed by atoms with Crippen LogP contribution in [-0.2, 0) is 0 Å². The Bertz CT molecular complexity index is 601. The predicted octanol–water partition coefficient (Wildman–Crippen LogP) is 4.71. The molecular formula is C17H17FO. The molecule has 0 fully saturated rings. The van der Waals surface area contributed by atoms with Gasteiger partial charge in [0.05, 0.1) is 0 Å². The van der Waals surface area contributed by atoms with Crippen molar-refractivity contribution in [2.45, 2.75) is 20.8 Å². The highest BCUT2D eigenvalue weighted by Crippen LogP contribution is 2.25. The first-order valence-corrected chi connectivity index (χ1v) is 6.22. The van der Waals surface area contributed by atoms with Gasteiger partial charge >= 0.3 is 0 Å². The van der Waals surface area contributed by atoms with Crippen LogP contribution < -0.4 is 0 Å². The van der Waals surface area contributed by atoms with E-state index >= 15 is 0 Å². The Labute approximate surface area is 113 Å². The molecule has 0 atom stereocenters. The van der Waals surface area contributed by atoms with E-state index in [-0.39, 0.29) is 5.82 Å². The van der Waals surface area contributed by atoms with Gasteiger partial charge in [0.25, 0.3) is 0 Å². The van der Waals surface area contributed by atoms with Gasteiger partial charge in [-0.3, -0.25) is 0 Å². The molecule has 0 aliphatic rings. The third-order valence-electron chi connectivity index (χ3n) is 3.20. The van der Waals surface area contributed by atoms with E-state index in [0.717, 1.165) is 27.8 Å². The number of phenolic OH excluding ortho intramolecular Hbond substituents is 1. The number of aromatic hydroxyl groups is 1. The van der Waals surface area contributed by atoms with Gasteiger partial charge in [-0.05, 0) is 72.9 Å². The summed E-state index contributed by atoms with van der Waals surface area (Å²) in [6.45, 7) is 5.75. The normalized spacial score (nSPS) is 11.7. The summed E-state index contributed by atoms with van der Waals surface area (Å²) in [7, 11) is 0. The molecule has 0 heterocycles. The van der Waals surface area contributed by atoms with Crippen molar-refractivity contribution in [2.24, 2.45) is 0 Å². The minimum Gasteiger partial charge on any atom is -0.507 e. The van der Waals surface area contributed by atoms with Crippen molar-refractivity contribution in [1.29, 1.82) is 0 Å². The molecule has 98 valence electrons. The topological polar surface area (TPSA) is 20.2 Å². The molecule has 1 nitrogen and oxygen atoms in total. The van der Waals surface area contributed by atoms with Crippen LogP contribution in [-0.4, -0.2) is 5.11 Å². The second-order valence-corrected chi connectivity index (χ2v) is 4.84. The Balaban J connectivity index is 2.38. The molecule has 0 bridgehead atoms. The van der Waals surface area contributed by atoms with E-state index in [4.69, 9.17) is 0 Å². The molecule has 2 rings (SSSR count). The molecule has 0 saturated heterocycles. The number of aryl methyl sites for hydroxylation is 2. The lowest BCUT2D eigenvalue weighted by atomic mass is 10.0. The Morgan fingerprint density at radius 3 is 2.11 bits per heavy atom. The van der Waals surface area contributed by atoms with Crippen LogP contribution in [0.5, 0.6) is 5.75 Å². The number of rotatable bonds is 2. The highest BCUT2D eigenvalue weighted by atomic mass is 19.1. The Hall–Kier alpha value is -2.09. The van der Waals surface area contributed by atoms with Crippen molar-refractivity contribution in [3.05, 3.63) is 64.5 Å². The standard InChI is InChI=1S/C17H17FO/c1-11(15-4-6-16(18)7-5-15)8-14-9-12(2)17(19)13(3)10-14/h4-10,19H,1-3H3/b11-8+. The molecule has 19 heavy (non-hydrogen) atoms. The first kappa shape index (κ1) is 13.3. The van der Waals surface area contributed by atoms with Gasteiger partial charge in [-0.15, -0.1) is 0 Å². The third-order valence-corrected chi connectivity index (χ3v) is 3.20. The van der Waals surface area contributed by atoms with Crippen molar-refractivity contribution in [2.75, 3.05) is 0 Å². The molecule has 0 radical (unpaired) electrons. The third kappa shape index (κ3) is 3.02. The molecule has 0 unspecified atom stereocenters. The number of allylic oxidation sites excluding steroid dienone is 1. The molecule has 1 N–H and O–H groups in total. The molecule has 0 spiro atoms. The van der Waals surface area contributed by atoms with E-state index in [1.54, 1.807) is 12.1 Å². The van der Waals surface area contributed by atoms with E-state index in [1.165, 1.54) is 12.1 Å². The predicted molar refractivity (Wildman–Crippen MR) is 77.5 cm³/mol. The van der Waals surface area contributed by atoms with Crippen molar-refractivity contribution in [3.63, 3.8) is 0 Å². The van der Waals surface area contributed by atoms with Crippen LogP contribution in [0.15, 0.2) is 36.4 Å². The van der Waals surface area contributed by atoms with Crippen molar-refractivity contribution in [3.8, 4) is 5.75 Å². The summed E-state index contributed by atoms with van der Waals surface area (Å²) < 4.78 is 12.9. The van der Waals surface area contributed by atoms with Gasteiger partial charge in [0.1, 0.15) is 11.6 Å². The molecule has 0 aliphatic carbocycles. The molecule has 2 aromatic rings. The summed E-state index contributed by atoms with van der Waals surface area (Å²) >= 11 is 0. The van der Waals surface area contributed by atoms with Crippen LogP contribution in [0, 0.1) is 19.7 Å². The quantitative estimate of drug-likeness (QED) is 0.771. The maximum absolute atomic E-state index is 12.9. The lowest BCUT2D eigenvalue weighted by Gasteiger charge is -2.07. The minimum absolute atomic E-state index is 0.229. The summed E-state index contributed by atoms with van der Waals surface area (Å²) in [6, 6.07) is 10.3. The maximum atomic E-state index is 12.9. The summed E-state index contributed by atoms with van der Waals surface area (Å²) in [5.41, 5.74) is 4.81. The SMILES string of the molecule is C/C(=C\c1cc(C)c(O)c(C)c1)c1ccc(F)cc1. The fourth-order valence-electron chi connectivity index (χ4n) is 2.12. The summed E-state index contributed by atoms with van der Waals surface area (Å²) in [4.78, 5) is 0. The first-order chi connectivity index (χ1) is 8.97. The van der Waals surface area contributed by atoms with Crippen molar-refractivity contribution in [1.82, 2.24) is 0 Å². The lowest BCUT2D eigenvalue weighted by Crippen LogP contribution is -1.85. The summed E-state index contributed by atoms with van der Waals surface area (Å²) in [6.07, 6.45) is 2.03. The van der Waals surface area contributed by atoms with Gasteiger partial charge in [0, 0.05) is 0 Å². The van der Waals surface area contributed by atoms with E-state index in [1.807, 2.05) is 39.0 Å². The number of benzene rings is 2. The number of hydrogen-bond acceptors (Lipinski definition) is 1. The Kier molecular flexibility index (Phi) is 3.70. The van der Waals surface area contributed by atoms with Crippen molar-refractivity contribution >= 4 is 11.6 Å². The van der Waals surface area contributed by atoms with Gasteiger partial charge in [-0.2, -0.15) is 0 Å². The molecule has 0 amide bonds. The molecule has 0 saturated carbocycles. The van der Waals surface area contributed by atoms with Gasteiger partial charge in [0.15, 0.2) is 0 Å². The van der Waals surface area contributed by atoms with E-state index in [0.29, 0.717) is 5.75 Å². The van der Waals surface area contributed by atoms with Gasteiger partial charge in [-0.25, -0.2) is 4.39 Å². The Morgan fingerprint density at radius 1 is 1.05 bits per heavy atom. The van der Waals surface area contributed by atoms with E-state index in [9.17, 15) is 9.50 Å². The smallest absolute Gasteiger partial charge is 0.123 e. The van der Waals surface area contributed by atoms with Crippen molar-refractivity contribution < 1.29 is 9.50 Å². The van der Waals surface area contributed by atoms with Crippen LogP contribution >= 0.6 is 0 Å². The zero-order chi connectivity index (χ0) is 14.0. The second-order valence-electron chi connectivity index (χ2n) is 4.84. The average Bonchev–Trinajstić information content (AvgIpc) is 2.36. The molecular weight excluding hydrogens is 239 g/mol. The number of phenols is 1. The minimum atomic E-state index is -0.229. The fourth-order valence-corrected chi connectivity index (χ4v) is 2.12. The van der Waals surface area contributed by atoms with Crippen LogP contribution in [0.3, 0.4) is 0 Å². The largest absolute Gasteiger partial charge is 0.507 e.